The molecule has 0 spiro atoms. The highest BCUT2D eigenvalue weighted by Crippen LogP contribution is 2.66. The first kappa shape index (κ1) is 40.8. The van der Waals surface area contributed by atoms with Crippen LogP contribution in [-0.2, 0) is 16.2 Å². The number of rotatable bonds is 4. The van der Waals surface area contributed by atoms with Gasteiger partial charge in [-0.15, -0.1) is 0 Å². The van der Waals surface area contributed by atoms with Crippen LogP contribution in [0.1, 0.15) is 106 Å². The molecule has 5 aliphatic rings. The van der Waals surface area contributed by atoms with Gasteiger partial charge in [-0.3, -0.25) is 0 Å². The topological polar surface area (TPSA) is 14.7 Å². The van der Waals surface area contributed by atoms with Gasteiger partial charge in [0.05, 0.1) is 23.5 Å². The van der Waals surface area contributed by atoms with Gasteiger partial charge in [0.2, 0.25) is 0 Å². The first-order valence-corrected chi connectivity index (χ1v) is 25.0. The Balaban J connectivity index is 1.10. The van der Waals surface area contributed by atoms with E-state index in [1.807, 2.05) is 0 Å². The lowest BCUT2D eigenvalue weighted by atomic mass is 9.33. The van der Waals surface area contributed by atoms with E-state index >= 15 is 0 Å². The maximum Gasteiger partial charge on any atom is 0.252 e. The quantitative estimate of drug-likeness (QED) is 0.164. The molecule has 9 aromatic rings. The van der Waals surface area contributed by atoms with Crippen LogP contribution in [0.5, 0.6) is 0 Å². The Morgan fingerprint density at radius 1 is 0.565 bits per heavy atom. The Morgan fingerprint density at radius 2 is 1.20 bits per heavy atom. The molecule has 2 unspecified atom stereocenters. The molecule has 0 saturated heterocycles. The zero-order chi connectivity index (χ0) is 47.0. The maximum atomic E-state index is 2.80. The molecule has 0 saturated carbocycles. The van der Waals surface area contributed by atoms with Crippen molar-refractivity contribution in [3.63, 3.8) is 0 Å². The summed E-state index contributed by atoms with van der Waals surface area (Å²) in [6.45, 7) is 21.1. The molecule has 0 radical (unpaired) electrons. The second-order valence-corrected chi connectivity index (χ2v) is 23.0. The summed E-state index contributed by atoms with van der Waals surface area (Å²) in [6, 6.07) is 65.5. The maximum absolute atomic E-state index is 2.80. The zero-order valence-corrected chi connectivity index (χ0v) is 41.2. The van der Waals surface area contributed by atoms with Gasteiger partial charge in [-0.05, 0) is 123 Å². The minimum atomic E-state index is -0.139. The van der Waals surface area contributed by atoms with E-state index in [0.29, 0.717) is 0 Å². The fourth-order valence-electron chi connectivity index (χ4n) is 13.5. The van der Waals surface area contributed by atoms with Crippen LogP contribution in [0.3, 0.4) is 0 Å². The smallest absolute Gasteiger partial charge is 0.252 e. The minimum absolute atomic E-state index is 0.0174. The lowest BCUT2D eigenvalue weighted by molar-refractivity contribution is 0.590. The normalized spacial score (nSPS) is 17.4. The minimum Gasteiger partial charge on any atom is -0.332 e. The molecule has 14 rings (SSSR count). The van der Waals surface area contributed by atoms with Gasteiger partial charge in [-0.25, -0.2) is 0 Å². The van der Waals surface area contributed by atoms with Gasteiger partial charge in [0.25, 0.3) is 6.71 Å². The van der Waals surface area contributed by atoms with Crippen LogP contribution < -0.4 is 31.1 Å². The van der Waals surface area contributed by atoms with E-state index in [9.17, 15) is 0 Å². The number of aryl methyl sites for hydroxylation is 1. The molecule has 2 atom stereocenters. The number of fused-ring (bicyclic) bond motifs is 14. The molecule has 69 heavy (non-hydrogen) atoms. The Kier molecular flexibility index (Phi) is 8.11. The lowest BCUT2D eigenvalue weighted by Gasteiger charge is -2.41. The van der Waals surface area contributed by atoms with Crippen molar-refractivity contribution < 1.29 is 0 Å². The predicted octanol–water partition coefficient (Wildman–Crippen LogP) is 14.5. The van der Waals surface area contributed by atoms with Gasteiger partial charge in [0.1, 0.15) is 0 Å². The summed E-state index contributed by atoms with van der Waals surface area (Å²) in [5.74, 6) is 0. The molecule has 0 bridgehead atoms. The fraction of sp³-hybridized carbons (Fsp3) is 0.219. The van der Waals surface area contributed by atoms with Gasteiger partial charge in [-0.1, -0.05) is 165 Å². The van der Waals surface area contributed by atoms with Crippen molar-refractivity contribution in [2.24, 2.45) is 0 Å². The first-order valence-electron chi connectivity index (χ1n) is 25.0. The summed E-state index contributed by atoms with van der Waals surface area (Å²) in [5, 5.41) is 1.37. The van der Waals surface area contributed by atoms with Crippen LogP contribution >= 0.6 is 0 Å². The van der Waals surface area contributed by atoms with E-state index in [4.69, 9.17) is 0 Å². The van der Waals surface area contributed by atoms with Crippen molar-refractivity contribution in [1.29, 1.82) is 0 Å². The number of hydrogen-bond donors (Lipinski definition) is 0. The number of nitrogens with zero attached hydrogens (tertiary/aromatic N) is 4. The second kappa shape index (κ2) is 13.7. The highest BCUT2D eigenvalue weighted by atomic mass is 15.3. The summed E-state index contributed by atoms with van der Waals surface area (Å²) in [6.07, 6.45) is 0. The Labute approximate surface area is 407 Å². The van der Waals surface area contributed by atoms with Gasteiger partial charge in [0.15, 0.2) is 0 Å². The standard InChI is InChI=1S/C64H57BN4/c1-38-36-52-56-53(37-38)69-59-45-21-14-16-25-50(45)67(41-18-11-10-12-19-41)61(59)54-51(66(42-30-26-39(27-31-42)62(2,3)4)43-32-28-40(29-33-43)63(5,6)7)35-34-49(60(54)69)65(56)48-24-17-22-46-55-58(68(52)57(46)48)44-20-13-15-23-47(44)64(55,8)9/h10-37,59,61H,1-9H3. The van der Waals surface area contributed by atoms with E-state index in [-0.39, 0.29) is 35.0 Å². The monoisotopic (exact) mass is 892 g/mol. The third-order valence-corrected chi connectivity index (χ3v) is 16.6. The molecule has 336 valence electrons. The third-order valence-electron chi connectivity index (χ3n) is 16.6. The first-order chi connectivity index (χ1) is 33.2. The van der Waals surface area contributed by atoms with Crippen molar-refractivity contribution in [1.82, 2.24) is 4.57 Å². The van der Waals surface area contributed by atoms with Crippen molar-refractivity contribution >= 4 is 73.8 Å². The van der Waals surface area contributed by atoms with Crippen LogP contribution in [0.2, 0.25) is 0 Å². The van der Waals surface area contributed by atoms with Gasteiger partial charge >= 0.3 is 0 Å². The van der Waals surface area contributed by atoms with Crippen molar-refractivity contribution in [2.45, 2.75) is 90.6 Å². The SMILES string of the molecule is Cc1cc2c3c(c1)-n1c4c(c5cccc(c51)B3c1ccc(N(c3ccc(C(C)(C)C)cc3)c3ccc(C(C)(C)C)cc3)c3c1N2C1c2ccccc2N(c2ccccc2)C31)C(C)(C)c1ccccc1-4. The average Bonchev–Trinajstić information content (AvgIpc) is 4.05. The number of para-hydroxylation sites is 3. The molecule has 0 amide bonds. The number of aromatic nitrogens is 1. The molecule has 4 aliphatic heterocycles. The van der Waals surface area contributed by atoms with Crippen LogP contribution in [0.25, 0.3) is 27.8 Å². The Bertz CT molecular complexity index is 3580. The summed E-state index contributed by atoms with van der Waals surface area (Å²) in [4.78, 5) is 8.04. The summed E-state index contributed by atoms with van der Waals surface area (Å²) in [7, 11) is 0. The number of benzene rings is 8. The van der Waals surface area contributed by atoms with E-state index < -0.39 is 0 Å². The molecule has 5 heteroatoms. The average molecular weight is 893 g/mol. The molecule has 0 N–H and O–H groups in total. The molecule has 1 aromatic heterocycles. The zero-order valence-electron chi connectivity index (χ0n) is 41.2. The van der Waals surface area contributed by atoms with Crippen molar-refractivity contribution in [2.75, 3.05) is 14.7 Å². The fourth-order valence-corrected chi connectivity index (χ4v) is 13.5. The van der Waals surface area contributed by atoms with Crippen molar-refractivity contribution in [3.05, 3.63) is 209 Å². The number of anilines is 7. The van der Waals surface area contributed by atoms with Crippen LogP contribution in [0.4, 0.5) is 39.8 Å². The van der Waals surface area contributed by atoms with E-state index in [0.717, 1.165) is 11.4 Å². The molecular weight excluding hydrogens is 836 g/mol. The number of hydrogen-bond acceptors (Lipinski definition) is 3. The van der Waals surface area contributed by atoms with Crippen LogP contribution in [0, 0.1) is 6.92 Å². The van der Waals surface area contributed by atoms with Gasteiger partial charge in [-0.2, -0.15) is 0 Å². The molecule has 4 nitrogen and oxygen atoms in total. The molecule has 8 aromatic carbocycles. The Morgan fingerprint density at radius 3 is 1.90 bits per heavy atom. The van der Waals surface area contributed by atoms with Crippen LogP contribution in [-0.4, -0.2) is 11.3 Å². The molecule has 1 aliphatic carbocycles. The van der Waals surface area contributed by atoms with Crippen LogP contribution in [0.15, 0.2) is 170 Å². The van der Waals surface area contributed by atoms with Gasteiger partial charge in [0, 0.05) is 72.8 Å². The summed E-state index contributed by atoms with van der Waals surface area (Å²) >= 11 is 0. The highest BCUT2D eigenvalue weighted by molar-refractivity contribution is 7.00. The molecule has 0 fully saturated rings. The second-order valence-electron chi connectivity index (χ2n) is 23.0. The van der Waals surface area contributed by atoms with Gasteiger partial charge < -0.3 is 19.3 Å². The summed E-state index contributed by atoms with van der Waals surface area (Å²) < 4.78 is 2.69. The van der Waals surface area contributed by atoms with Crippen molar-refractivity contribution in [3.8, 4) is 16.9 Å². The molecule has 5 heterocycles. The highest BCUT2D eigenvalue weighted by Gasteiger charge is 2.57. The summed E-state index contributed by atoms with van der Waals surface area (Å²) in [5.41, 5.74) is 27.7. The third kappa shape index (κ3) is 5.37. The predicted molar refractivity (Wildman–Crippen MR) is 291 cm³/mol. The lowest BCUT2D eigenvalue weighted by Crippen LogP contribution is -2.60. The van der Waals surface area contributed by atoms with E-state index in [2.05, 4.69) is 251 Å². The molecular formula is C64H57BN4. The largest absolute Gasteiger partial charge is 0.332 e. The van der Waals surface area contributed by atoms with E-state index in [1.54, 1.807) is 0 Å². The van der Waals surface area contributed by atoms with E-state index in [1.165, 1.54) is 112 Å². The Hall–Kier alpha value is -7.24.